The van der Waals surface area contributed by atoms with Gasteiger partial charge in [-0.05, 0) is 75.2 Å². The highest BCUT2D eigenvalue weighted by atomic mass is 19.4. The monoisotopic (exact) mass is 527 g/mol. The molecule has 7 nitrogen and oxygen atoms in total. The first-order chi connectivity index (χ1) is 17.5. The lowest BCUT2D eigenvalue weighted by molar-refractivity contribution is -0.150. The van der Waals surface area contributed by atoms with E-state index in [4.69, 9.17) is 5.41 Å². The van der Waals surface area contributed by atoms with Gasteiger partial charge in [0.05, 0.1) is 18.4 Å². The molecule has 2 aliphatic carbocycles. The summed E-state index contributed by atoms with van der Waals surface area (Å²) in [7, 11) is 3.85. The van der Waals surface area contributed by atoms with Crippen molar-refractivity contribution in [2.75, 3.05) is 33.7 Å². The highest BCUT2D eigenvalue weighted by Gasteiger charge is 2.50. The Morgan fingerprint density at radius 2 is 1.68 bits per heavy atom. The van der Waals surface area contributed by atoms with Crippen molar-refractivity contribution < 1.29 is 13.2 Å². The summed E-state index contributed by atoms with van der Waals surface area (Å²) in [6.07, 6.45) is 5.18. The summed E-state index contributed by atoms with van der Waals surface area (Å²) in [6.45, 7) is 6.50. The molecule has 3 saturated heterocycles. The molecule has 0 aromatic rings. The lowest BCUT2D eigenvalue weighted by atomic mass is 9.71. The van der Waals surface area contributed by atoms with Gasteiger partial charge in [-0.15, -0.1) is 0 Å². The maximum Gasteiger partial charge on any atom is 0.405 e. The van der Waals surface area contributed by atoms with Crippen molar-refractivity contribution in [3.63, 3.8) is 0 Å². The van der Waals surface area contributed by atoms with E-state index >= 15 is 0 Å². The van der Waals surface area contributed by atoms with Crippen molar-refractivity contribution in [3.8, 4) is 0 Å². The van der Waals surface area contributed by atoms with E-state index in [1.54, 1.807) is 0 Å². The van der Waals surface area contributed by atoms with Crippen LogP contribution in [0.2, 0.25) is 0 Å². The SMILES string of the molecule is CC(C)C1CCCCC1C1NCC2C(N1)N(CC1CCC(C3N[C@H](C(F)(F)F)CN3C)CC1)C(=N)N2C. The van der Waals surface area contributed by atoms with Crippen LogP contribution < -0.4 is 16.0 Å². The molecule has 2 saturated carbocycles. The second-order valence-corrected chi connectivity index (χ2v) is 12.9. The van der Waals surface area contributed by atoms with Gasteiger partial charge >= 0.3 is 6.18 Å². The fraction of sp³-hybridized carbons (Fsp3) is 0.963. The predicted octanol–water partition coefficient (Wildman–Crippen LogP) is 3.44. The van der Waals surface area contributed by atoms with E-state index in [2.05, 4.69) is 39.6 Å². The molecule has 3 heterocycles. The second kappa shape index (κ2) is 10.8. The number of hydrogen-bond donors (Lipinski definition) is 4. The van der Waals surface area contributed by atoms with Crippen LogP contribution in [0.15, 0.2) is 0 Å². The molecule has 37 heavy (non-hydrogen) atoms. The third-order valence-corrected chi connectivity index (χ3v) is 10.4. The molecule has 5 rings (SSSR count). The Kier molecular flexibility index (Phi) is 8.03. The lowest BCUT2D eigenvalue weighted by Gasteiger charge is -2.46. The number of rotatable bonds is 5. The molecule has 7 atom stereocenters. The van der Waals surface area contributed by atoms with Crippen molar-refractivity contribution in [2.45, 2.75) is 102 Å². The average molecular weight is 528 g/mol. The number of alkyl halides is 3. The number of nitrogens with one attached hydrogen (secondary N) is 4. The van der Waals surface area contributed by atoms with Crippen LogP contribution in [0.3, 0.4) is 0 Å². The Morgan fingerprint density at radius 1 is 0.973 bits per heavy atom. The first kappa shape index (κ1) is 27.5. The van der Waals surface area contributed by atoms with Crippen molar-refractivity contribution in [2.24, 2.45) is 29.6 Å². The number of halogens is 3. The summed E-state index contributed by atoms with van der Waals surface area (Å²) in [5.41, 5.74) is 0. The van der Waals surface area contributed by atoms with E-state index in [0.29, 0.717) is 23.7 Å². The molecule has 0 radical (unpaired) electrons. The van der Waals surface area contributed by atoms with Crippen LogP contribution in [0.5, 0.6) is 0 Å². The summed E-state index contributed by atoms with van der Waals surface area (Å²) in [5, 5.41) is 19.5. The molecule has 212 valence electrons. The van der Waals surface area contributed by atoms with Crippen LogP contribution in [-0.4, -0.2) is 91.1 Å². The maximum atomic E-state index is 13.2. The van der Waals surface area contributed by atoms with Gasteiger partial charge in [0, 0.05) is 26.7 Å². The summed E-state index contributed by atoms with van der Waals surface area (Å²) in [4.78, 5) is 6.26. The smallest absolute Gasteiger partial charge is 0.338 e. The van der Waals surface area contributed by atoms with Crippen LogP contribution in [0.4, 0.5) is 13.2 Å². The summed E-state index contributed by atoms with van der Waals surface area (Å²) in [5.74, 6) is 3.37. The molecule has 0 bridgehead atoms. The van der Waals surface area contributed by atoms with Gasteiger partial charge in [0.15, 0.2) is 5.96 Å². The molecular formula is C27H48F3N7. The van der Waals surface area contributed by atoms with Gasteiger partial charge in [0.1, 0.15) is 12.2 Å². The van der Waals surface area contributed by atoms with E-state index in [0.717, 1.165) is 44.7 Å². The standard InChI is InChI=1S/C27H48F3N7/c1-16(2)19-7-5-6-8-20(19)23-32-13-21-25(34-23)37(26(31)36(21)4)14-17-9-11-18(12-10-17)24-33-22(15-35(24)3)27(28,29)30/h16-25,31-34H,5-15H2,1-4H3/t17?,18?,19?,20?,21?,22-,23?,24?,25?/m0/s1. The highest BCUT2D eigenvalue weighted by molar-refractivity contribution is 5.80. The highest BCUT2D eigenvalue weighted by Crippen LogP contribution is 2.39. The third kappa shape index (κ3) is 5.50. The molecule has 6 unspecified atom stereocenters. The Hall–Kier alpha value is -1.10. The van der Waals surface area contributed by atoms with E-state index in [1.165, 1.54) is 25.7 Å². The molecule has 0 aromatic heterocycles. The van der Waals surface area contributed by atoms with E-state index in [1.807, 2.05) is 19.0 Å². The number of guanidine groups is 1. The fourth-order valence-corrected chi connectivity index (χ4v) is 8.20. The van der Waals surface area contributed by atoms with Crippen molar-refractivity contribution in [1.29, 1.82) is 5.41 Å². The van der Waals surface area contributed by atoms with Gasteiger partial charge in [-0.25, -0.2) is 0 Å². The number of hydrogen-bond acceptors (Lipinski definition) is 5. The normalized spacial score (nSPS) is 42.1. The van der Waals surface area contributed by atoms with Crippen LogP contribution in [-0.2, 0) is 0 Å². The maximum absolute atomic E-state index is 13.2. The first-order valence-corrected chi connectivity index (χ1v) is 14.6. The fourth-order valence-electron chi connectivity index (χ4n) is 8.20. The van der Waals surface area contributed by atoms with Gasteiger partial charge in [-0.3, -0.25) is 26.3 Å². The molecule has 5 fully saturated rings. The minimum absolute atomic E-state index is 0.0357. The van der Waals surface area contributed by atoms with E-state index in [-0.39, 0.29) is 37.0 Å². The minimum Gasteiger partial charge on any atom is -0.338 e. The quantitative estimate of drug-likeness (QED) is 0.439. The average Bonchev–Trinajstić information content (AvgIpc) is 3.38. The molecule has 0 amide bonds. The summed E-state index contributed by atoms with van der Waals surface area (Å²) in [6, 6.07) is -1.17. The van der Waals surface area contributed by atoms with Gasteiger partial charge in [0.25, 0.3) is 0 Å². The van der Waals surface area contributed by atoms with E-state index in [9.17, 15) is 13.2 Å². The van der Waals surface area contributed by atoms with Crippen molar-refractivity contribution >= 4 is 5.96 Å². The Balaban J connectivity index is 1.19. The molecule has 4 N–H and O–H groups in total. The van der Waals surface area contributed by atoms with E-state index < -0.39 is 12.2 Å². The van der Waals surface area contributed by atoms with Crippen molar-refractivity contribution in [1.82, 2.24) is 30.7 Å². The summed E-state index contributed by atoms with van der Waals surface area (Å²) >= 11 is 0. The van der Waals surface area contributed by atoms with Crippen LogP contribution in [0, 0.1) is 35.0 Å². The van der Waals surface area contributed by atoms with Crippen molar-refractivity contribution in [3.05, 3.63) is 0 Å². The number of nitrogens with zero attached hydrogens (tertiary/aromatic N) is 3. The molecule has 3 aliphatic heterocycles. The zero-order chi connectivity index (χ0) is 26.5. The molecule has 10 heteroatoms. The lowest BCUT2D eigenvalue weighted by Crippen LogP contribution is -2.67. The largest absolute Gasteiger partial charge is 0.405 e. The Morgan fingerprint density at radius 3 is 2.32 bits per heavy atom. The number of likely N-dealkylation sites (N-methyl/N-ethyl adjacent to an activating group) is 2. The molecular weight excluding hydrogens is 479 g/mol. The number of fused-ring (bicyclic) bond motifs is 1. The minimum atomic E-state index is -4.19. The van der Waals surface area contributed by atoms with Crippen LogP contribution in [0.25, 0.3) is 0 Å². The van der Waals surface area contributed by atoms with Gasteiger partial charge in [-0.1, -0.05) is 26.7 Å². The van der Waals surface area contributed by atoms with Crippen LogP contribution in [0.1, 0.15) is 65.2 Å². The summed E-state index contributed by atoms with van der Waals surface area (Å²) < 4.78 is 39.7. The molecule has 5 aliphatic rings. The third-order valence-electron chi connectivity index (χ3n) is 10.4. The van der Waals surface area contributed by atoms with Gasteiger partial charge < -0.3 is 9.80 Å². The molecule has 0 spiro atoms. The zero-order valence-electron chi connectivity index (χ0n) is 23.0. The Labute approximate surface area is 220 Å². The zero-order valence-corrected chi connectivity index (χ0v) is 23.0. The van der Waals surface area contributed by atoms with Gasteiger partial charge in [0.2, 0.25) is 0 Å². The Bertz CT molecular complexity index is 799. The van der Waals surface area contributed by atoms with Crippen LogP contribution >= 0.6 is 0 Å². The van der Waals surface area contributed by atoms with Gasteiger partial charge in [-0.2, -0.15) is 13.2 Å². The molecule has 0 aromatic carbocycles. The first-order valence-electron chi connectivity index (χ1n) is 14.6. The predicted molar refractivity (Wildman–Crippen MR) is 140 cm³/mol. The topological polar surface area (TPSA) is 69.7 Å². The second-order valence-electron chi connectivity index (χ2n) is 12.9.